The van der Waals surface area contributed by atoms with Crippen LogP contribution in [-0.2, 0) is 0 Å². The van der Waals surface area contributed by atoms with E-state index in [0.717, 1.165) is 103 Å². The molecule has 0 saturated carbocycles. The molecule has 0 amide bonds. The Labute approximate surface area is 333 Å². The smallest absolute Gasteiger partial charge is 0.127 e. The van der Waals surface area contributed by atoms with Crippen LogP contribution in [0.5, 0.6) is 11.5 Å². The highest BCUT2D eigenvalue weighted by Gasteiger charge is 2.20. The second-order valence-electron chi connectivity index (χ2n) is 15.3. The number of hydrogen-bond donors (Lipinski definition) is 2. The van der Waals surface area contributed by atoms with Gasteiger partial charge in [-0.3, -0.25) is 0 Å². The first-order valence-electron chi connectivity index (χ1n) is 21.1. The molecular formula is C50H58N4O2. The second kappa shape index (κ2) is 19.0. The zero-order chi connectivity index (χ0) is 38.7. The van der Waals surface area contributed by atoms with Crippen molar-refractivity contribution in [3.05, 3.63) is 107 Å². The molecule has 6 heteroatoms. The van der Waals surface area contributed by atoms with E-state index in [0.29, 0.717) is 13.2 Å². The summed E-state index contributed by atoms with van der Waals surface area (Å²) in [4.78, 5) is 17.9. The SMILES string of the molecule is CCCCCCCCOc1cccc(C)c1-c1c2nc(cc3ccc([nH]3)c(-c3c(C)cccc3OCCCCCCCC)c3nc(cc4ccc1[nH]4)C=C3)C=C2. The van der Waals surface area contributed by atoms with Gasteiger partial charge in [0.05, 0.1) is 36.0 Å². The molecule has 2 N–H and O–H groups in total. The van der Waals surface area contributed by atoms with E-state index in [2.05, 4.69) is 135 Å². The summed E-state index contributed by atoms with van der Waals surface area (Å²) >= 11 is 0. The topological polar surface area (TPSA) is 75.8 Å². The number of benzene rings is 2. The highest BCUT2D eigenvalue weighted by molar-refractivity contribution is 5.96. The maximum Gasteiger partial charge on any atom is 0.127 e. The molecule has 5 heterocycles. The Bertz CT molecular complexity index is 2180. The van der Waals surface area contributed by atoms with Crippen molar-refractivity contribution >= 4 is 46.4 Å². The number of nitrogens with zero attached hydrogens (tertiary/aromatic N) is 2. The molecule has 0 aliphatic carbocycles. The number of hydrogen-bond acceptors (Lipinski definition) is 4. The van der Waals surface area contributed by atoms with Crippen LogP contribution in [0.1, 0.15) is 125 Å². The molecule has 5 aromatic rings. The minimum atomic E-state index is 0.696. The van der Waals surface area contributed by atoms with Gasteiger partial charge >= 0.3 is 0 Å². The summed E-state index contributed by atoms with van der Waals surface area (Å²) in [5.41, 5.74) is 14.0. The average molecular weight is 747 g/mol. The summed E-state index contributed by atoms with van der Waals surface area (Å²) < 4.78 is 13.1. The van der Waals surface area contributed by atoms with Crippen molar-refractivity contribution < 1.29 is 9.47 Å². The highest BCUT2D eigenvalue weighted by Crippen LogP contribution is 2.40. The number of aromatic amines is 2. The number of aromatic nitrogens is 4. The Kier molecular flexibility index (Phi) is 13.2. The fraction of sp³-hybridized carbons (Fsp3) is 0.360. The lowest BCUT2D eigenvalue weighted by atomic mass is 9.97. The third-order valence-corrected chi connectivity index (χ3v) is 10.9. The molecule has 3 aromatic heterocycles. The number of unbranched alkanes of at least 4 members (excludes halogenated alkanes) is 10. The molecule has 0 fully saturated rings. The van der Waals surface area contributed by atoms with Gasteiger partial charge in [0.1, 0.15) is 11.5 Å². The molecule has 7 rings (SSSR count). The zero-order valence-corrected chi connectivity index (χ0v) is 33.8. The van der Waals surface area contributed by atoms with E-state index in [9.17, 15) is 0 Å². The van der Waals surface area contributed by atoms with Crippen molar-refractivity contribution in [2.24, 2.45) is 0 Å². The summed E-state index contributed by atoms with van der Waals surface area (Å²) in [5.74, 6) is 1.78. The minimum Gasteiger partial charge on any atom is -0.493 e. The molecule has 290 valence electrons. The van der Waals surface area contributed by atoms with Crippen LogP contribution in [0.2, 0.25) is 0 Å². The van der Waals surface area contributed by atoms with Crippen molar-refractivity contribution in [2.75, 3.05) is 13.2 Å². The average Bonchev–Trinajstić information content (AvgIpc) is 4.03. The number of ether oxygens (including phenoxy) is 2. The monoisotopic (exact) mass is 746 g/mol. The van der Waals surface area contributed by atoms with Crippen molar-refractivity contribution in [1.82, 2.24) is 19.9 Å². The number of nitrogens with one attached hydrogen (secondary N) is 2. The lowest BCUT2D eigenvalue weighted by Gasteiger charge is -2.15. The maximum atomic E-state index is 6.56. The van der Waals surface area contributed by atoms with Gasteiger partial charge < -0.3 is 19.4 Å². The normalized spacial score (nSPS) is 12.1. The summed E-state index contributed by atoms with van der Waals surface area (Å²) in [5, 5.41) is 0. The summed E-state index contributed by atoms with van der Waals surface area (Å²) in [6, 6.07) is 25.5. The van der Waals surface area contributed by atoms with Gasteiger partial charge in [-0.2, -0.15) is 0 Å². The van der Waals surface area contributed by atoms with Crippen LogP contribution >= 0.6 is 0 Å². The first-order valence-corrected chi connectivity index (χ1v) is 21.1. The summed E-state index contributed by atoms with van der Waals surface area (Å²) in [6.45, 7) is 10.2. The molecule has 0 unspecified atom stereocenters. The molecule has 2 aromatic carbocycles. The zero-order valence-electron chi connectivity index (χ0n) is 33.8. The van der Waals surface area contributed by atoms with E-state index in [4.69, 9.17) is 19.4 Å². The number of aryl methyl sites for hydroxylation is 2. The van der Waals surface area contributed by atoms with Gasteiger partial charge in [0, 0.05) is 44.3 Å². The lowest BCUT2D eigenvalue weighted by molar-refractivity contribution is 0.305. The van der Waals surface area contributed by atoms with Crippen LogP contribution in [0.3, 0.4) is 0 Å². The molecule has 0 radical (unpaired) electrons. The van der Waals surface area contributed by atoms with Gasteiger partial charge in [-0.1, -0.05) is 102 Å². The first kappa shape index (κ1) is 38.9. The van der Waals surface area contributed by atoms with Crippen LogP contribution in [0.15, 0.2) is 72.8 Å². The summed E-state index contributed by atoms with van der Waals surface area (Å²) in [6.07, 6.45) is 23.2. The molecule has 2 aliphatic heterocycles. The number of H-pyrrole nitrogens is 2. The molecule has 2 aliphatic rings. The highest BCUT2D eigenvalue weighted by atomic mass is 16.5. The Hall–Kier alpha value is -5.36. The molecule has 8 bridgehead atoms. The van der Waals surface area contributed by atoms with Crippen molar-refractivity contribution in [2.45, 2.75) is 105 Å². The molecule has 56 heavy (non-hydrogen) atoms. The molecule has 0 spiro atoms. The van der Waals surface area contributed by atoms with Crippen LogP contribution in [0, 0.1) is 13.8 Å². The van der Waals surface area contributed by atoms with Crippen LogP contribution in [0.4, 0.5) is 0 Å². The lowest BCUT2D eigenvalue weighted by Crippen LogP contribution is -2.01. The Morgan fingerprint density at radius 3 is 1.34 bits per heavy atom. The van der Waals surface area contributed by atoms with Crippen LogP contribution < -0.4 is 9.47 Å². The van der Waals surface area contributed by atoms with Crippen LogP contribution in [0.25, 0.3) is 68.6 Å². The molecule has 6 nitrogen and oxygen atoms in total. The van der Waals surface area contributed by atoms with Gasteiger partial charge in [0.2, 0.25) is 0 Å². The van der Waals surface area contributed by atoms with Crippen molar-refractivity contribution in [1.29, 1.82) is 0 Å². The fourth-order valence-corrected chi connectivity index (χ4v) is 7.89. The van der Waals surface area contributed by atoms with Crippen LogP contribution in [-0.4, -0.2) is 33.1 Å². The van der Waals surface area contributed by atoms with E-state index in [-0.39, 0.29) is 0 Å². The van der Waals surface area contributed by atoms with Crippen molar-refractivity contribution in [3.63, 3.8) is 0 Å². The van der Waals surface area contributed by atoms with E-state index in [1.165, 1.54) is 64.2 Å². The predicted molar refractivity (Wildman–Crippen MR) is 237 cm³/mol. The van der Waals surface area contributed by atoms with E-state index >= 15 is 0 Å². The van der Waals surface area contributed by atoms with Crippen molar-refractivity contribution in [3.8, 4) is 33.8 Å². The number of fused-ring (bicyclic) bond motifs is 8. The van der Waals surface area contributed by atoms with Gasteiger partial charge in [-0.05, 0) is 111 Å². The Balaban J connectivity index is 1.32. The first-order chi connectivity index (χ1) is 27.5. The van der Waals surface area contributed by atoms with Gasteiger partial charge in [0.25, 0.3) is 0 Å². The third kappa shape index (κ3) is 9.35. The minimum absolute atomic E-state index is 0.696. The van der Waals surface area contributed by atoms with Gasteiger partial charge in [-0.15, -0.1) is 0 Å². The van der Waals surface area contributed by atoms with E-state index in [1.54, 1.807) is 0 Å². The van der Waals surface area contributed by atoms with E-state index < -0.39 is 0 Å². The Morgan fingerprint density at radius 1 is 0.464 bits per heavy atom. The van der Waals surface area contributed by atoms with Gasteiger partial charge in [-0.25, -0.2) is 9.97 Å². The Morgan fingerprint density at radius 2 is 0.893 bits per heavy atom. The third-order valence-electron chi connectivity index (χ3n) is 10.9. The fourth-order valence-electron chi connectivity index (χ4n) is 7.89. The molecule has 0 atom stereocenters. The number of rotatable bonds is 18. The quantitative estimate of drug-likeness (QED) is 0.0857. The standard InChI is InChI=1S/C50H58N4O2/c1-5-7-9-11-13-15-31-55-45-21-17-19-35(3)47(45)49-41-27-23-37(51-41)33-39-25-29-43(53-39)50(44-30-26-40(54-44)34-38-24-28-42(49)52-38)48-36(4)20-18-22-46(48)56-32-16-14-12-10-8-6-2/h17-30,33-34,51,54H,5-16,31-32H2,1-4H3. The van der Waals surface area contributed by atoms with Gasteiger partial charge in [0.15, 0.2) is 0 Å². The largest absolute Gasteiger partial charge is 0.493 e. The molecule has 0 saturated heterocycles. The molecular weight excluding hydrogens is 689 g/mol. The maximum absolute atomic E-state index is 6.56. The predicted octanol–water partition coefficient (Wildman–Crippen LogP) is 14.1. The second-order valence-corrected chi connectivity index (χ2v) is 15.3. The summed E-state index contributed by atoms with van der Waals surface area (Å²) in [7, 11) is 0. The van der Waals surface area contributed by atoms with E-state index in [1.807, 2.05) is 0 Å².